The van der Waals surface area contributed by atoms with E-state index in [1.54, 1.807) is 0 Å². The van der Waals surface area contributed by atoms with Gasteiger partial charge in [-0.2, -0.15) is 0 Å². The average Bonchev–Trinajstić information content (AvgIpc) is 2.71. The molecule has 0 aliphatic heterocycles. The van der Waals surface area contributed by atoms with Crippen molar-refractivity contribution in [1.82, 2.24) is 0 Å². The molecule has 0 aromatic carbocycles. The fourth-order valence-electron chi connectivity index (χ4n) is 6.08. The van der Waals surface area contributed by atoms with Crippen molar-refractivity contribution in [1.29, 1.82) is 0 Å². The summed E-state index contributed by atoms with van der Waals surface area (Å²) in [7, 11) is 0. The topological polar surface area (TPSA) is 37.3 Å². The second-order valence-corrected chi connectivity index (χ2v) is 8.63. The van der Waals surface area contributed by atoms with Gasteiger partial charge in [-0.05, 0) is 43.4 Å². The Hall–Kier alpha value is -0.370. The van der Waals surface area contributed by atoms with Crippen LogP contribution in [0.25, 0.3) is 0 Å². The van der Waals surface area contributed by atoms with Crippen LogP contribution in [0.4, 0.5) is 0 Å². The van der Waals surface area contributed by atoms with Crippen molar-refractivity contribution >= 4 is 5.78 Å². The summed E-state index contributed by atoms with van der Waals surface area (Å²) in [6.45, 7) is 2.01. The lowest BCUT2D eigenvalue weighted by Crippen LogP contribution is -2.32. The summed E-state index contributed by atoms with van der Waals surface area (Å²) in [5.41, 5.74) is -0.277. The molecule has 3 rings (SSSR count). The molecule has 2 heteroatoms. The van der Waals surface area contributed by atoms with Crippen LogP contribution in [-0.4, -0.2) is 16.5 Å². The maximum Gasteiger partial charge on any atom is 0.134 e. The Bertz CT molecular complexity index is 366. The van der Waals surface area contributed by atoms with Gasteiger partial charge in [0.1, 0.15) is 5.78 Å². The SMILES string of the molecule is CC1(O)C[C@@]23CCCCCCCCCC[C@@]2(CC(=O)C3)C1. The minimum atomic E-state index is -0.541. The molecule has 1 unspecified atom stereocenters. The van der Waals surface area contributed by atoms with Gasteiger partial charge < -0.3 is 5.11 Å². The van der Waals surface area contributed by atoms with E-state index in [4.69, 9.17) is 0 Å². The molecule has 21 heavy (non-hydrogen) atoms. The highest BCUT2D eigenvalue weighted by molar-refractivity contribution is 5.83. The van der Waals surface area contributed by atoms with Crippen molar-refractivity contribution in [3.8, 4) is 0 Å². The van der Waals surface area contributed by atoms with E-state index < -0.39 is 5.60 Å². The standard InChI is InChI=1S/C19H32O2/c1-17(21)14-18-10-8-6-4-2-3-5-7-9-11-19(18,15-17)13-16(20)12-18/h21H,2-15H2,1H3/t17?,18-,19+. The van der Waals surface area contributed by atoms with Crippen LogP contribution in [0, 0.1) is 10.8 Å². The Labute approximate surface area is 129 Å². The van der Waals surface area contributed by atoms with Gasteiger partial charge in [0.15, 0.2) is 0 Å². The van der Waals surface area contributed by atoms with E-state index in [1.165, 1.54) is 64.2 Å². The van der Waals surface area contributed by atoms with E-state index in [9.17, 15) is 9.90 Å². The van der Waals surface area contributed by atoms with E-state index in [-0.39, 0.29) is 10.8 Å². The van der Waals surface area contributed by atoms with Crippen LogP contribution in [-0.2, 0) is 4.79 Å². The van der Waals surface area contributed by atoms with Crippen LogP contribution in [0.15, 0.2) is 0 Å². The number of carbonyl (C=O) groups excluding carboxylic acids is 1. The molecule has 0 saturated heterocycles. The summed E-state index contributed by atoms with van der Waals surface area (Å²) in [6, 6.07) is 0. The van der Waals surface area contributed by atoms with Gasteiger partial charge in [-0.15, -0.1) is 0 Å². The molecule has 0 radical (unpaired) electrons. The van der Waals surface area contributed by atoms with E-state index in [2.05, 4.69) is 0 Å². The lowest BCUT2D eigenvalue weighted by Gasteiger charge is -2.40. The number of hydrogen-bond donors (Lipinski definition) is 1. The monoisotopic (exact) mass is 292 g/mol. The zero-order valence-electron chi connectivity index (χ0n) is 13.8. The number of ketones is 1. The van der Waals surface area contributed by atoms with Crippen molar-refractivity contribution in [2.24, 2.45) is 10.8 Å². The zero-order chi connectivity index (χ0) is 15.0. The number of carbonyl (C=O) groups is 1. The van der Waals surface area contributed by atoms with Crippen LogP contribution in [0.2, 0.25) is 0 Å². The van der Waals surface area contributed by atoms with Crippen molar-refractivity contribution < 1.29 is 9.90 Å². The van der Waals surface area contributed by atoms with E-state index in [0.717, 1.165) is 25.7 Å². The summed E-state index contributed by atoms with van der Waals surface area (Å²) < 4.78 is 0. The van der Waals surface area contributed by atoms with Crippen LogP contribution in [0.1, 0.15) is 96.8 Å². The minimum Gasteiger partial charge on any atom is -0.390 e. The maximum atomic E-state index is 12.3. The molecule has 2 nitrogen and oxygen atoms in total. The smallest absolute Gasteiger partial charge is 0.134 e. The van der Waals surface area contributed by atoms with Crippen molar-refractivity contribution in [3.05, 3.63) is 0 Å². The van der Waals surface area contributed by atoms with Gasteiger partial charge in [-0.1, -0.05) is 51.4 Å². The predicted octanol–water partition coefficient (Wildman–Crippen LogP) is 4.78. The summed E-state index contributed by atoms with van der Waals surface area (Å²) >= 11 is 0. The van der Waals surface area contributed by atoms with Crippen LogP contribution in [0.5, 0.6) is 0 Å². The number of Topliss-reactive ketones (excluding diaryl/α,β-unsaturated/α-hetero) is 1. The summed E-state index contributed by atoms with van der Waals surface area (Å²) in [5.74, 6) is 0.473. The molecule has 3 atom stereocenters. The van der Waals surface area contributed by atoms with E-state index in [0.29, 0.717) is 5.78 Å². The highest BCUT2D eigenvalue weighted by atomic mass is 16.3. The van der Waals surface area contributed by atoms with Crippen molar-refractivity contribution in [3.63, 3.8) is 0 Å². The number of aliphatic hydroxyl groups is 1. The van der Waals surface area contributed by atoms with Crippen molar-refractivity contribution in [2.75, 3.05) is 0 Å². The van der Waals surface area contributed by atoms with Gasteiger partial charge in [0.2, 0.25) is 0 Å². The summed E-state index contributed by atoms with van der Waals surface area (Å²) in [4.78, 5) is 12.3. The third-order valence-corrected chi connectivity index (χ3v) is 6.70. The van der Waals surface area contributed by atoms with Crippen molar-refractivity contribution in [2.45, 2.75) is 102 Å². The second kappa shape index (κ2) is 5.68. The molecule has 0 amide bonds. The lowest BCUT2D eigenvalue weighted by molar-refractivity contribution is -0.118. The lowest BCUT2D eigenvalue weighted by atomic mass is 9.63. The first-order valence-electron chi connectivity index (χ1n) is 9.21. The fraction of sp³-hybridized carbons (Fsp3) is 0.947. The van der Waals surface area contributed by atoms with Gasteiger partial charge >= 0.3 is 0 Å². The largest absolute Gasteiger partial charge is 0.390 e. The average molecular weight is 292 g/mol. The molecule has 0 aromatic heterocycles. The molecule has 0 heterocycles. The third-order valence-electron chi connectivity index (χ3n) is 6.70. The fourth-order valence-corrected chi connectivity index (χ4v) is 6.08. The maximum absolute atomic E-state index is 12.3. The van der Waals surface area contributed by atoms with Gasteiger partial charge in [-0.25, -0.2) is 0 Å². The molecule has 3 aliphatic carbocycles. The molecule has 3 saturated carbocycles. The molecular formula is C19H32O2. The van der Waals surface area contributed by atoms with Gasteiger partial charge in [-0.3, -0.25) is 4.79 Å². The molecule has 1 N–H and O–H groups in total. The summed E-state index contributed by atoms with van der Waals surface area (Å²) in [5, 5.41) is 10.7. The highest BCUT2D eigenvalue weighted by Gasteiger charge is 2.64. The van der Waals surface area contributed by atoms with Gasteiger partial charge in [0.25, 0.3) is 0 Å². The highest BCUT2D eigenvalue weighted by Crippen LogP contribution is 2.68. The zero-order valence-corrected chi connectivity index (χ0v) is 13.8. The van der Waals surface area contributed by atoms with Crippen LogP contribution >= 0.6 is 0 Å². The predicted molar refractivity (Wildman–Crippen MR) is 85.1 cm³/mol. The minimum absolute atomic E-state index is 0.132. The first kappa shape index (κ1) is 15.5. The Kier molecular flexibility index (Phi) is 4.20. The normalized spacial score (nSPS) is 45.5. The molecule has 120 valence electrons. The van der Waals surface area contributed by atoms with E-state index >= 15 is 0 Å². The quantitative estimate of drug-likeness (QED) is 0.697. The third kappa shape index (κ3) is 2.93. The molecule has 0 spiro atoms. The number of rotatable bonds is 0. The van der Waals surface area contributed by atoms with Gasteiger partial charge in [0, 0.05) is 12.8 Å². The molecule has 3 aliphatic rings. The Morgan fingerprint density at radius 2 is 1.14 bits per heavy atom. The molecule has 0 bridgehead atoms. The number of hydrogen-bond acceptors (Lipinski definition) is 2. The Balaban J connectivity index is 1.85. The van der Waals surface area contributed by atoms with Crippen LogP contribution in [0.3, 0.4) is 0 Å². The molecular weight excluding hydrogens is 260 g/mol. The Morgan fingerprint density at radius 3 is 1.57 bits per heavy atom. The van der Waals surface area contributed by atoms with Gasteiger partial charge in [0.05, 0.1) is 5.60 Å². The van der Waals surface area contributed by atoms with Crippen LogP contribution < -0.4 is 0 Å². The molecule has 3 fully saturated rings. The second-order valence-electron chi connectivity index (χ2n) is 8.63. The first-order chi connectivity index (χ1) is 9.97. The molecule has 0 aromatic rings. The van der Waals surface area contributed by atoms with E-state index in [1.807, 2.05) is 6.92 Å². The first-order valence-corrected chi connectivity index (χ1v) is 9.21. The Morgan fingerprint density at radius 1 is 0.762 bits per heavy atom. The summed E-state index contributed by atoms with van der Waals surface area (Å²) in [6.07, 6.45) is 16.2.